The van der Waals surface area contributed by atoms with Crippen molar-refractivity contribution in [2.75, 3.05) is 13.1 Å². The number of fused-ring (bicyclic) bond motifs is 1. The van der Waals surface area contributed by atoms with Crippen LogP contribution in [-0.4, -0.2) is 38.6 Å². The zero-order chi connectivity index (χ0) is 22.2. The van der Waals surface area contributed by atoms with Crippen molar-refractivity contribution in [1.82, 2.24) is 19.6 Å². The van der Waals surface area contributed by atoms with Crippen LogP contribution in [0.1, 0.15) is 47.4 Å². The lowest BCUT2D eigenvalue weighted by Crippen LogP contribution is -2.36. The van der Waals surface area contributed by atoms with Gasteiger partial charge in [0.2, 0.25) is 5.91 Å². The van der Waals surface area contributed by atoms with Crippen LogP contribution in [0.5, 0.6) is 0 Å². The van der Waals surface area contributed by atoms with Gasteiger partial charge in [0.1, 0.15) is 11.3 Å². The molecule has 0 atom stereocenters. The second kappa shape index (κ2) is 8.15. The van der Waals surface area contributed by atoms with E-state index in [1.807, 2.05) is 66.6 Å². The van der Waals surface area contributed by atoms with Crippen LogP contribution in [0.15, 0.2) is 51.4 Å². The lowest BCUT2D eigenvalue weighted by Gasteiger charge is -2.29. The van der Waals surface area contributed by atoms with Crippen molar-refractivity contribution >= 4 is 23.1 Å². The summed E-state index contributed by atoms with van der Waals surface area (Å²) in [7, 11) is 0. The van der Waals surface area contributed by atoms with Crippen molar-refractivity contribution in [2.45, 2.75) is 39.5 Å². The highest BCUT2D eigenvalue weighted by molar-refractivity contribution is 5.92. The van der Waals surface area contributed by atoms with Crippen molar-refractivity contribution in [1.29, 1.82) is 0 Å². The Balaban J connectivity index is 1.24. The van der Waals surface area contributed by atoms with Gasteiger partial charge < -0.3 is 13.8 Å². The maximum absolute atomic E-state index is 12.8. The van der Waals surface area contributed by atoms with E-state index in [0.717, 1.165) is 58.4 Å². The van der Waals surface area contributed by atoms with Crippen LogP contribution >= 0.6 is 0 Å². The number of rotatable bonds is 4. The largest absolute Gasteiger partial charge is 0.440 e. The molecule has 1 amide bonds. The molecule has 1 aliphatic heterocycles. The first-order valence-corrected chi connectivity index (χ1v) is 10.9. The van der Waals surface area contributed by atoms with Crippen LogP contribution in [0.25, 0.3) is 23.0 Å². The SMILES string of the molecule is Cc1cc(-n2c(C)cc(C=CC(=O)N3CCC(c4nc5ccccc5o4)CC3)c2C)no1. The Morgan fingerprint density at radius 3 is 2.62 bits per heavy atom. The van der Waals surface area contributed by atoms with Gasteiger partial charge in [-0.3, -0.25) is 9.36 Å². The third-order valence-electron chi connectivity index (χ3n) is 6.19. The Morgan fingerprint density at radius 2 is 1.91 bits per heavy atom. The molecule has 1 fully saturated rings. The number of aryl methyl sites for hydroxylation is 2. The molecule has 0 radical (unpaired) electrons. The average Bonchev–Trinajstić information content (AvgIpc) is 3.49. The lowest BCUT2D eigenvalue weighted by molar-refractivity contribution is -0.127. The van der Waals surface area contributed by atoms with E-state index in [-0.39, 0.29) is 11.8 Å². The number of para-hydroxylation sites is 2. The molecule has 0 saturated carbocycles. The fraction of sp³-hybridized carbons (Fsp3) is 0.320. The summed E-state index contributed by atoms with van der Waals surface area (Å²) in [5.74, 6) is 2.58. The number of carbonyl (C=O) groups excluding carboxylic acids is 1. The van der Waals surface area contributed by atoms with Crippen molar-refractivity contribution in [3.8, 4) is 5.82 Å². The number of aromatic nitrogens is 3. The number of likely N-dealkylation sites (tertiary alicyclic amines) is 1. The molecule has 0 spiro atoms. The van der Waals surface area contributed by atoms with E-state index < -0.39 is 0 Å². The summed E-state index contributed by atoms with van der Waals surface area (Å²) in [5.41, 5.74) is 4.78. The average molecular weight is 431 g/mol. The monoisotopic (exact) mass is 430 g/mol. The number of oxazole rings is 1. The predicted octanol–water partition coefficient (Wildman–Crippen LogP) is 4.95. The third kappa shape index (κ3) is 3.75. The van der Waals surface area contributed by atoms with E-state index in [0.29, 0.717) is 13.1 Å². The zero-order valence-corrected chi connectivity index (χ0v) is 18.5. The minimum absolute atomic E-state index is 0.0306. The minimum atomic E-state index is 0.0306. The second-order valence-electron chi connectivity index (χ2n) is 8.41. The summed E-state index contributed by atoms with van der Waals surface area (Å²) in [6.45, 7) is 7.31. The molecule has 1 aliphatic rings. The number of piperidine rings is 1. The number of benzene rings is 1. The van der Waals surface area contributed by atoms with E-state index in [1.165, 1.54) is 0 Å². The minimum Gasteiger partial charge on any atom is -0.440 e. The first-order valence-electron chi connectivity index (χ1n) is 10.9. The molecule has 0 bridgehead atoms. The molecule has 32 heavy (non-hydrogen) atoms. The van der Waals surface area contributed by atoms with Gasteiger partial charge in [-0.25, -0.2) is 4.98 Å². The van der Waals surface area contributed by atoms with Crippen LogP contribution in [0, 0.1) is 20.8 Å². The van der Waals surface area contributed by atoms with Gasteiger partial charge in [0.15, 0.2) is 17.3 Å². The summed E-state index contributed by atoms with van der Waals surface area (Å²) in [6.07, 6.45) is 5.26. The summed E-state index contributed by atoms with van der Waals surface area (Å²) in [5, 5.41) is 4.11. The third-order valence-corrected chi connectivity index (χ3v) is 6.19. The molecule has 164 valence electrons. The van der Waals surface area contributed by atoms with Gasteiger partial charge in [0, 0.05) is 42.5 Å². The van der Waals surface area contributed by atoms with Crippen LogP contribution in [0.2, 0.25) is 0 Å². The molecule has 3 aromatic heterocycles. The van der Waals surface area contributed by atoms with Gasteiger partial charge in [-0.2, -0.15) is 0 Å². The van der Waals surface area contributed by atoms with E-state index in [2.05, 4.69) is 16.2 Å². The summed E-state index contributed by atoms with van der Waals surface area (Å²) in [6, 6.07) is 11.8. The van der Waals surface area contributed by atoms with Crippen molar-refractivity contribution < 1.29 is 13.7 Å². The molecule has 7 heteroatoms. The van der Waals surface area contributed by atoms with Crippen molar-refractivity contribution in [3.05, 3.63) is 71.1 Å². The van der Waals surface area contributed by atoms with Gasteiger partial charge in [0.25, 0.3) is 0 Å². The number of hydrogen-bond donors (Lipinski definition) is 0. The van der Waals surface area contributed by atoms with Gasteiger partial charge in [0.05, 0.1) is 0 Å². The van der Waals surface area contributed by atoms with E-state index in [9.17, 15) is 4.79 Å². The normalized spacial score (nSPS) is 15.3. The summed E-state index contributed by atoms with van der Waals surface area (Å²) < 4.78 is 13.2. The van der Waals surface area contributed by atoms with Crippen LogP contribution in [0.4, 0.5) is 0 Å². The van der Waals surface area contributed by atoms with Gasteiger partial charge >= 0.3 is 0 Å². The molecule has 5 rings (SSSR count). The maximum Gasteiger partial charge on any atom is 0.246 e. The lowest BCUT2D eigenvalue weighted by atomic mass is 9.96. The first-order chi connectivity index (χ1) is 15.5. The highest BCUT2D eigenvalue weighted by Crippen LogP contribution is 2.30. The fourth-order valence-electron chi connectivity index (χ4n) is 4.45. The Kier molecular flexibility index (Phi) is 5.17. The molecule has 4 heterocycles. The van der Waals surface area contributed by atoms with E-state index in [4.69, 9.17) is 8.94 Å². The highest BCUT2D eigenvalue weighted by atomic mass is 16.5. The van der Waals surface area contributed by atoms with E-state index in [1.54, 1.807) is 6.08 Å². The molecule has 1 aromatic carbocycles. The topological polar surface area (TPSA) is 77.3 Å². The van der Waals surface area contributed by atoms with Gasteiger partial charge in [-0.05, 0) is 63.5 Å². The van der Waals surface area contributed by atoms with E-state index >= 15 is 0 Å². The molecular formula is C25H26N4O3. The van der Waals surface area contributed by atoms with Crippen LogP contribution < -0.4 is 0 Å². The molecule has 7 nitrogen and oxygen atoms in total. The first kappa shape index (κ1) is 20.3. The van der Waals surface area contributed by atoms with Gasteiger partial charge in [-0.15, -0.1) is 0 Å². The molecule has 0 aliphatic carbocycles. The van der Waals surface area contributed by atoms with Crippen LogP contribution in [0.3, 0.4) is 0 Å². The fourth-order valence-corrected chi connectivity index (χ4v) is 4.45. The Morgan fingerprint density at radius 1 is 1.12 bits per heavy atom. The summed E-state index contributed by atoms with van der Waals surface area (Å²) in [4.78, 5) is 19.3. The Bertz CT molecular complexity index is 1270. The molecular weight excluding hydrogens is 404 g/mol. The number of hydrogen-bond acceptors (Lipinski definition) is 5. The molecule has 0 N–H and O–H groups in total. The Labute approximate surface area is 186 Å². The predicted molar refractivity (Wildman–Crippen MR) is 122 cm³/mol. The van der Waals surface area contributed by atoms with Crippen LogP contribution in [-0.2, 0) is 4.79 Å². The van der Waals surface area contributed by atoms with Crippen molar-refractivity contribution in [2.24, 2.45) is 0 Å². The quantitative estimate of drug-likeness (QED) is 0.428. The number of amides is 1. The molecule has 1 saturated heterocycles. The van der Waals surface area contributed by atoms with Crippen molar-refractivity contribution in [3.63, 3.8) is 0 Å². The molecule has 0 unspecified atom stereocenters. The molecule has 4 aromatic rings. The summed E-state index contributed by atoms with van der Waals surface area (Å²) >= 11 is 0. The number of nitrogens with zero attached hydrogens (tertiary/aromatic N) is 4. The highest BCUT2D eigenvalue weighted by Gasteiger charge is 2.26. The smallest absolute Gasteiger partial charge is 0.246 e. The van der Waals surface area contributed by atoms with Gasteiger partial charge in [-0.1, -0.05) is 17.3 Å². The maximum atomic E-state index is 12.8. The second-order valence-corrected chi connectivity index (χ2v) is 8.41. The zero-order valence-electron chi connectivity index (χ0n) is 18.5. The standard InChI is InChI=1S/C25H26N4O3/c1-16-14-20(18(3)29(16)23-15-17(2)32-27-23)8-9-24(30)28-12-10-19(11-13-28)25-26-21-6-4-5-7-22(21)31-25/h4-9,14-15,19H,10-13H2,1-3H3. The Hall–Kier alpha value is -3.61. The number of carbonyl (C=O) groups is 1.